The molecule has 1 saturated heterocycles. The van der Waals surface area contributed by atoms with Gasteiger partial charge in [-0.2, -0.15) is 0 Å². The quantitative estimate of drug-likeness (QED) is 0.177. The Bertz CT molecular complexity index is 676. The van der Waals surface area contributed by atoms with Crippen LogP contribution in [0.1, 0.15) is 48.0 Å². The first-order chi connectivity index (χ1) is 14.2. The highest BCUT2D eigenvalue weighted by molar-refractivity contribution is 14.0. The smallest absolute Gasteiger partial charge is 0.251 e. The molecule has 30 heavy (non-hydrogen) atoms. The molecule has 1 aliphatic carbocycles. The molecule has 1 amide bonds. The Morgan fingerprint density at radius 1 is 1.23 bits per heavy atom. The van der Waals surface area contributed by atoms with Gasteiger partial charge in [-0.3, -0.25) is 9.79 Å². The number of hydrogen-bond acceptors (Lipinski definition) is 4. The third-order valence-corrected chi connectivity index (χ3v) is 5.20. The van der Waals surface area contributed by atoms with Crippen LogP contribution in [0.5, 0.6) is 0 Å². The molecular formula is C22H35IN4O3. The van der Waals surface area contributed by atoms with Crippen molar-refractivity contribution in [1.29, 1.82) is 0 Å². The number of carbonyl (C=O) groups is 1. The lowest BCUT2D eigenvalue weighted by atomic mass is 10.1. The first-order valence-electron chi connectivity index (χ1n) is 10.8. The van der Waals surface area contributed by atoms with Crippen LogP contribution in [0.2, 0.25) is 0 Å². The first kappa shape index (κ1) is 24.9. The van der Waals surface area contributed by atoms with Crippen molar-refractivity contribution in [2.75, 3.05) is 40.0 Å². The Labute approximate surface area is 196 Å². The molecule has 2 fully saturated rings. The summed E-state index contributed by atoms with van der Waals surface area (Å²) in [5, 5.41) is 9.56. The van der Waals surface area contributed by atoms with Gasteiger partial charge < -0.3 is 25.4 Å². The predicted molar refractivity (Wildman–Crippen MR) is 130 cm³/mol. The Morgan fingerprint density at radius 2 is 2.10 bits per heavy atom. The van der Waals surface area contributed by atoms with Crippen molar-refractivity contribution in [3.8, 4) is 0 Å². The molecule has 3 N–H and O–H groups in total. The van der Waals surface area contributed by atoms with Crippen molar-refractivity contribution in [3.63, 3.8) is 0 Å². The zero-order chi connectivity index (χ0) is 20.3. The molecule has 0 radical (unpaired) electrons. The van der Waals surface area contributed by atoms with E-state index in [0.717, 1.165) is 63.1 Å². The molecule has 1 aromatic carbocycles. The first-order valence-corrected chi connectivity index (χ1v) is 10.8. The maximum absolute atomic E-state index is 12.4. The molecule has 1 aromatic rings. The van der Waals surface area contributed by atoms with E-state index in [1.807, 2.05) is 24.3 Å². The fourth-order valence-corrected chi connectivity index (χ4v) is 3.26. The minimum atomic E-state index is -0.0592. The molecule has 2 aliphatic rings. The summed E-state index contributed by atoms with van der Waals surface area (Å²) in [4.78, 5) is 16.6. The van der Waals surface area contributed by atoms with Crippen LogP contribution in [0.25, 0.3) is 0 Å². The Balaban J connectivity index is 0.00000320. The van der Waals surface area contributed by atoms with Gasteiger partial charge in [-0.1, -0.05) is 12.1 Å². The van der Waals surface area contributed by atoms with Gasteiger partial charge in [0.1, 0.15) is 0 Å². The molecule has 0 aromatic heterocycles. The molecular weight excluding hydrogens is 495 g/mol. The van der Waals surface area contributed by atoms with Crippen molar-refractivity contribution in [3.05, 3.63) is 35.4 Å². The normalized spacial score (nSPS) is 18.6. The lowest BCUT2D eigenvalue weighted by Crippen LogP contribution is -2.37. The second-order valence-electron chi connectivity index (χ2n) is 7.77. The fraction of sp³-hybridized carbons (Fsp3) is 0.636. The van der Waals surface area contributed by atoms with Gasteiger partial charge in [0.05, 0.1) is 6.10 Å². The van der Waals surface area contributed by atoms with Gasteiger partial charge >= 0.3 is 0 Å². The predicted octanol–water partition coefficient (Wildman–Crippen LogP) is 2.70. The summed E-state index contributed by atoms with van der Waals surface area (Å²) in [7, 11) is 1.76. The molecule has 168 valence electrons. The number of nitrogens with one attached hydrogen (secondary N) is 3. The van der Waals surface area contributed by atoms with E-state index < -0.39 is 0 Å². The number of carbonyl (C=O) groups excluding carboxylic acids is 1. The second kappa shape index (κ2) is 13.8. The summed E-state index contributed by atoms with van der Waals surface area (Å²) in [6.45, 7) is 4.47. The van der Waals surface area contributed by atoms with Crippen molar-refractivity contribution in [1.82, 2.24) is 16.0 Å². The molecule has 1 aliphatic heterocycles. The van der Waals surface area contributed by atoms with E-state index >= 15 is 0 Å². The van der Waals surface area contributed by atoms with E-state index in [2.05, 4.69) is 20.9 Å². The number of hydrogen-bond donors (Lipinski definition) is 3. The van der Waals surface area contributed by atoms with Crippen LogP contribution in [0.3, 0.4) is 0 Å². The number of benzene rings is 1. The summed E-state index contributed by atoms with van der Waals surface area (Å²) in [5.74, 6) is 1.50. The minimum absolute atomic E-state index is 0. The van der Waals surface area contributed by atoms with E-state index in [-0.39, 0.29) is 36.0 Å². The SMILES string of the molecule is CN=C(NCCCOCC1CC1)NCc1cccc(C(=O)NCC2CCCO2)c1.I. The van der Waals surface area contributed by atoms with Crippen LogP contribution < -0.4 is 16.0 Å². The molecule has 0 bridgehead atoms. The zero-order valence-corrected chi connectivity index (χ0v) is 20.2. The van der Waals surface area contributed by atoms with E-state index in [0.29, 0.717) is 18.7 Å². The lowest BCUT2D eigenvalue weighted by molar-refractivity contribution is 0.0857. The van der Waals surface area contributed by atoms with E-state index in [4.69, 9.17) is 9.47 Å². The third-order valence-electron chi connectivity index (χ3n) is 5.20. The Hall–Kier alpha value is -1.39. The summed E-state index contributed by atoms with van der Waals surface area (Å²) in [5.41, 5.74) is 1.70. The number of amides is 1. The maximum Gasteiger partial charge on any atom is 0.251 e. The Kier molecular flexibility index (Phi) is 11.5. The molecule has 0 spiro atoms. The van der Waals surface area contributed by atoms with Crippen LogP contribution in [0.15, 0.2) is 29.3 Å². The van der Waals surface area contributed by atoms with E-state index in [1.165, 1.54) is 12.8 Å². The molecule has 3 rings (SSSR count). The molecule has 8 heteroatoms. The second-order valence-corrected chi connectivity index (χ2v) is 7.77. The minimum Gasteiger partial charge on any atom is -0.381 e. The molecule has 1 unspecified atom stereocenters. The Morgan fingerprint density at radius 3 is 2.83 bits per heavy atom. The number of aliphatic imine (C=N–C) groups is 1. The fourth-order valence-electron chi connectivity index (χ4n) is 3.26. The van der Waals surface area contributed by atoms with Crippen LogP contribution in [0, 0.1) is 5.92 Å². The molecule has 1 heterocycles. The van der Waals surface area contributed by atoms with Gasteiger partial charge in [0.25, 0.3) is 5.91 Å². The van der Waals surface area contributed by atoms with Gasteiger partial charge in [-0.15, -0.1) is 24.0 Å². The van der Waals surface area contributed by atoms with Gasteiger partial charge in [-0.05, 0) is 55.7 Å². The van der Waals surface area contributed by atoms with Crippen molar-refractivity contribution in [2.24, 2.45) is 10.9 Å². The third kappa shape index (κ3) is 9.18. The van der Waals surface area contributed by atoms with E-state index in [9.17, 15) is 4.79 Å². The highest BCUT2D eigenvalue weighted by Crippen LogP contribution is 2.28. The molecule has 7 nitrogen and oxygen atoms in total. The van der Waals surface area contributed by atoms with Gasteiger partial charge in [0.2, 0.25) is 0 Å². The van der Waals surface area contributed by atoms with Crippen LogP contribution in [0.4, 0.5) is 0 Å². The standard InChI is InChI=1S/C22H34N4O3.HI/c1-23-22(24-10-4-11-28-16-17-8-9-17)26-14-18-5-2-6-19(13-18)21(27)25-15-20-7-3-12-29-20;/h2,5-6,13,17,20H,3-4,7-12,14-16H2,1H3,(H,25,27)(H2,23,24,26);1H. The average Bonchev–Trinajstić information content (AvgIpc) is 3.43. The average molecular weight is 530 g/mol. The zero-order valence-electron chi connectivity index (χ0n) is 17.8. The number of halogens is 1. The summed E-state index contributed by atoms with van der Waals surface area (Å²) >= 11 is 0. The van der Waals surface area contributed by atoms with E-state index in [1.54, 1.807) is 7.05 Å². The monoisotopic (exact) mass is 530 g/mol. The van der Waals surface area contributed by atoms with Gasteiger partial charge in [0, 0.05) is 52.1 Å². The number of rotatable bonds is 11. The lowest BCUT2D eigenvalue weighted by Gasteiger charge is -2.13. The van der Waals surface area contributed by atoms with Crippen molar-refractivity contribution < 1.29 is 14.3 Å². The molecule has 1 atom stereocenters. The van der Waals surface area contributed by atoms with Gasteiger partial charge in [-0.25, -0.2) is 0 Å². The van der Waals surface area contributed by atoms with Crippen LogP contribution in [-0.2, 0) is 16.0 Å². The van der Waals surface area contributed by atoms with Crippen molar-refractivity contribution >= 4 is 35.8 Å². The summed E-state index contributed by atoms with van der Waals surface area (Å²) < 4.78 is 11.2. The number of guanidine groups is 1. The topological polar surface area (TPSA) is 84.0 Å². The largest absolute Gasteiger partial charge is 0.381 e. The highest BCUT2D eigenvalue weighted by Gasteiger charge is 2.20. The maximum atomic E-state index is 12.4. The van der Waals surface area contributed by atoms with Crippen molar-refractivity contribution in [2.45, 2.75) is 44.8 Å². The summed E-state index contributed by atoms with van der Waals surface area (Å²) in [6.07, 6.45) is 5.85. The van der Waals surface area contributed by atoms with Gasteiger partial charge in [0.15, 0.2) is 5.96 Å². The summed E-state index contributed by atoms with van der Waals surface area (Å²) in [6, 6.07) is 7.66. The number of ether oxygens (including phenoxy) is 2. The van der Waals surface area contributed by atoms with Crippen LogP contribution >= 0.6 is 24.0 Å². The molecule has 1 saturated carbocycles. The highest BCUT2D eigenvalue weighted by atomic mass is 127. The number of nitrogens with zero attached hydrogens (tertiary/aromatic N) is 1. The van der Waals surface area contributed by atoms with Crippen LogP contribution in [-0.4, -0.2) is 57.9 Å².